The second-order valence-electron chi connectivity index (χ2n) is 5.37. The van der Waals surface area contributed by atoms with Crippen LogP contribution in [0.4, 0.5) is 0 Å². The second kappa shape index (κ2) is 8.81. The third-order valence-electron chi connectivity index (χ3n) is 3.72. The number of rotatable bonds is 9. The minimum absolute atomic E-state index is 0.0433. The van der Waals surface area contributed by atoms with Crippen LogP contribution in [0, 0.1) is 11.8 Å². The first-order valence-corrected chi connectivity index (χ1v) is 8.20. The van der Waals surface area contributed by atoms with E-state index >= 15 is 0 Å². The van der Waals surface area contributed by atoms with Crippen molar-refractivity contribution >= 4 is 17.7 Å². The third kappa shape index (κ3) is 5.61. The van der Waals surface area contributed by atoms with Crippen molar-refractivity contribution in [3.05, 3.63) is 0 Å². The molecule has 0 fully saturated rings. The molecule has 108 valence electrons. The monoisotopic (exact) mass is 274 g/mol. The Morgan fingerprint density at radius 3 is 2.22 bits per heavy atom. The Kier molecular flexibility index (Phi) is 8.70. The van der Waals surface area contributed by atoms with Crippen LogP contribution in [0.2, 0.25) is 0 Å². The number of carbonyl (C=O) groups excluding carboxylic acids is 1. The summed E-state index contributed by atoms with van der Waals surface area (Å²) < 4.78 is 0.173. The van der Waals surface area contributed by atoms with Gasteiger partial charge < -0.3 is 11.1 Å². The first-order valence-electron chi connectivity index (χ1n) is 6.97. The van der Waals surface area contributed by atoms with Gasteiger partial charge in [-0.05, 0) is 31.4 Å². The fourth-order valence-corrected chi connectivity index (χ4v) is 2.93. The average Bonchev–Trinajstić information content (AvgIpc) is 2.37. The lowest BCUT2D eigenvalue weighted by atomic mass is 9.95. The van der Waals surface area contributed by atoms with Gasteiger partial charge in [0.05, 0.1) is 5.92 Å². The van der Waals surface area contributed by atoms with Crippen LogP contribution >= 0.6 is 11.8 Å². The van der Waals surface area contributed by atoms with Crippen molar-refractivity contribution in [1.29, 1.82) is 0 Å². The van der Waals surface area contributed by atoms with E-state index in [1.54, 1.807) is 0 Å². The number of nitrogens with one attached hydrogen (secondary N) is 1. The van der Waals surface area contributed by atoms with Gasteiger partial charge in [0, 0.05) is 17.8 Å². The van der Waals surface area contributed by atoms with Crippen molar-refractivity contribution < 1.29 is 4.79 Å². The highest BCUT2D eigenvalue weighted by atomic mass is 32.2. The predicted octanol–water partition coefficient (Wildman–Crippen LogP) is 2.65. The topological polar surface area (TPSA) is 55.1 Å². The van der Waals surface area contributed by atoms with E-state index < -0.39 is 0 Å². The largest absolute Gasteiger partial charge is 0.354 e. The van der Waals surface area contributed by atoms with Crippen LogP contribution in [-0.4, -0.2) is 30.0 Å². The van der Waals surface area contributed by atoms with E-state index in [-0.39, 0.29) is 16.6 Å². The van der Waals surface area contributed by atoms with E-state index in [1.165, 1.54) is 0 Å². The normalized spacial score (nSPS) is 13.7. The molecule has 18 heavy (non-hydrogen) atoms. The van der Waals surface area contributed by atoms with Crippen molar-refractivity contribution in [3.63, 3.8) is 0 Å². The van der Waals surface area contributed by atoms with Crippen LogP contribution in [0.1, 0.15) is 47.0 Å². The number of thioether (sulfide) groups is 1. The van der Waals surface area contributed by atoms with E-state index in [4.69, 9.17) is 5.73 Å². The van der Waals surface area contributed by atoms with E-state index in [1.807, 2.05) is 11.8 Å². The van der Waals surface area contributed by atoms with Gasteiger partial charge in [0.1, 0.15) is 0 Å². The molecule has 0 aliphatic carbocycles. The van der Waals surface area contributed by atoms with Gasteiger partial charge in [-0.3, -0.25) is 4.79 Å². The molecule has 3 nitrogen and oxygen atoms in total. The van der Waals surface area contributed by atoms with Crippen molar-refractivity contribution in [2.24, 2.45) is 17.6 Å². The van der Waals surface area contributed by atoms with Crippen LogP contribution in [0.5, 0.6) is 0 Å². The zero-order valence-corrected chi connectivity index (χ0v) is 13.4. The fourth-order valence-electron chi connectivity index (χ4n) is 2.13. The molecular formula is C14H30N2OS. The van der Waals surface area contributed by atoms with Gasteiger partial charge >= 0.3 is 0 Å². The summed E-state index contributed by atoms with van der Waals surface area (Å²) in [5.74, 6) is 0.580. The first-order chi connectivity index (χ1) is 8.44. The molecule has 0 saturated heterocycles. The summed E-state index contributed by atoms with van der Waals surface area (Å²) >= 11 is 1.85. The average molecular weight is 274 g/mol. The lowest BCUT2D eigenvalue weighted by Crippen LogP contribution is -2.43. The molecule has 0 radical (unpaired) electrons. The smallest absolute Gasteiger partial charge is 0.224 e. The van der Waals surface area contributed by atoms with Crippen molar-refractivity contribution in [1.82, 2.24) is 5.32 Å². The summed E-state index contributed by atoms with van der Waals surface area (Å²) in [4.78, 5) is 12.1. The molecule has 0 aromatic rings. The number of hydrogen-bond donors (Lipinski definition) is 2. The van der Waals surface area contributed by atoms with E-state index in [2.05, 4.69) is 39.3 Å². The Bertz CT molecular complexity index is 232. The molecule has 0 aliphatic rings. The standard InChI is InChI=1S/C14H30N2OS/c1-6-14(7-2,18-5)10-16-13(17)12(9-15)8-11(3)4/h11-12H,6-10,15H2,1-5H3,(H,16,17). The molecule has 0 saturated carbocycles. The maximum absolute atomic E-state index is 12.1. The predicted molar refractivity (Wildman–Crippen MR) is 81.8 cm³/mol. The highest BCUT2D eigenvalue weighted by Crippen LogP contribution is 2.29. The Labute approximate surface area is 117 Å². The molecule has 3 N–H and O–H groups in total. The molecule has 0 aromatic carbocycles. The molecule has 0 heterocycles. The molecule has 1 atom stereocenters. The number of nitrogens with two attached hydrogens (primary N) is 1. The summed E-state index contributed by atoms with van der Waals surface area (Å²) in [6.45, 7) is 9.80. The minimum Gasteiger partial charge on any atom is -0.354 e. The summed E-state index contributed by atoms with van der Waals surface area (Å²) in [7, 11) is 0. The summed E-state index contributed by atoms with van der Waals surface area (Å²) in [6, 6.07) is 0. The second-order valence-corrected chi connectivity index (χ2v) is 6.65. The van der Waals surface area contributed by atoms with Crippen LogP contribution in [-0.2, 0) is 4.79 Å². The molecule has 0 aliphatic heterocycles. The first kappa shape index (κ1) is 17.8. The molecule has 4 heteroatoms. The molecule has 0 rings (SSSR count). The Balaban J connectivity index is 4.37. The van der Waals surface area contributed by atoms with Crippen molar-refractivity contribution in [3.8, 4) is 0 Å². The van der Waals surface area contributed by atoms with Crippen molar-refractivity contribution in [2.75, 3.05) is 19.3 Å². The zero-order chi connectivity index (χ0) is 14.2. The van der Waals surface area contributed by atoms with E-state index in [0.717, 1.165) is 25.8 Å². The van der Waals surface area contributed by atoms with Crippen LogP contribution < -0.4 is 11.1 Å². The SMILES string of the molecule is CCC(CC)(CNC(=O)C(CN)CC(C)C)SC. The van der Waals surface area contributed by atoms with Gasteiger partial charge in [-0.1, -0.05) is 27.7 Å². The van der Waals surface area contributed by atoms with Crippen LogP contribution in [0.15, 0.2) is 0 Å². The van der Waals surface area contributed by atoms with Crippen LogP contribution in [0.3, 0.4) is 0 Å². The van der Waals surface area contributed by atoms with Gasteiger partial charge in [0.25, 0.3) is 0 Å². The maximum atomic E-state index is 12.1. The molecule has 1 unspecified atom stereocenters. The number of amides is 1. The Hall–Kier alpha value is -0.220. The summed E-state index contributed by atoms with van der Waals surface area (Å²) in [5, 5.41) is 3.09. The maximum Gasteiger partial charge on any atom is 0.224 e. The quantitative estimate of drug-likeness (QED) is 0.679. The highest BCUT2D eigenvalue weighted by Gasteiger charge is 2.27. The van der Waals surface area contributed by atoms with Crippen molar-refractivity contribution in [2.45, 2.75) is 51.7 Å². The van der Waals surface area contributed by atoms with Crippen LogP contribution in [0.25, 0.3) is 0 Å². The third-order valence-corrected chi connectivity index (χ3v) is 5.31. The summed E-state index contributed by atoms with van der Waals surface area (Å²) in [6.07, 6.45) is 5.13. The summed E-state index contributed by atoms with van der Waals surface area (Å²) in [5.41, 5.74) is 5.69. The van der Waals surface area contributed by atoms with Gasteiger partial charge in [-0.25, -0.2) is 0 Å². The Morgan fingerprint density at radius 2 is 1.89 bits per heavy atom. The number of carbonyl (C=O) groups is 1. The lowest BCUT2D eigenvalue weighted by molar-refractivity contribution is -0.125. The molecule has 0 bridgehead atoms. The van der Waals surface area contributed by atoms with E-state index in [9.17, 15) is 4.79 Å². The molecule has 1 amide bonds. The highest BCUT2D eigenvalue weighted by molar-refractivity contribution is 8.00. The Morgan fingerprint density at radius 1 is 1.33 bits per heavy atom. The minimum atomic E-state index is -0.0433. The van der Waals surface area contributed by atoms with Gasteiger partial charge in [-0.15, -0.1) is 0 Å². The number of hydrogen-bond acceptors (Lipinski definition) is 3. The lowest BCUT2D eigenvalue weighted by Gasteiger charge is -2.30. The molecular weight excluding hydrogens is 244 g/mol. The molecule has 0 spiro atoms. The van der Waals surface area contributed by atoms with Gasteiger partial charge in [0.2, 0.25) is 5.91 Å². The van der Waals surface area contributed by atoms with Gasteiger partial charge in [0.15, 0.2) is 0 Å². The zero-order valence-electron chi connectivity index (χ0n) is 12.6. The van der Waals surface area contributed by atoms with E-state index in [0.29, 0.717) is 12.5 Å². The van der Waals surface area contributed by atoms with Gasteiger partial charge in [-0.2, -0.15) is 11.8 Å². The fraction of sp³-hybridized carbons (Fsp3) is 0.929. The molecule has 0 aromatic heterocycles.